The van der Waals surface area contributed by atoms with E-state index in [2.05, 4.69) is 16.8 Å². The van der Waals surface area contributed by atoms with Crippen LogP contribution in [0.25, 0.3) is 0 Å². The fourth-order valence-corrected chi connectivity index (χ4v) is 4.28. The van der Waals surface area contributed by atoms with Crippen LogP contribution >= 0.6 is 0 Å². The minimum Gasteiger partial charge on any atom is -0.491 e. The number of halogens is 2. The van der Waals surface area contributed by atoms with Crippen LogP contribution in [0.4, 0.5) is 8.78 Å². The van der Waals surface area contributed by atoms with Gasteiger partial charge in [0.2, 0.25) is 0 Å². The minimum atomic E-state index is -2.51. The van der Waals surface area contributed by atoms with E-state index in [-0.39, 0.29) is 19.4 Å². The van der Waals surface area contributed by atoms with Crippen molar-refractivity contribution in [2.75, 3.05) is 33.3 Å². The Morgan fingerprint density at radius 2 is 1.93 bits per heavy atom. The molecule has 2 aliphatic rings. The van der Waals surface area contributed by atoms with E-state index >= 15 is 0 Å². The maximum absolute atomic E-state index is 13.3. The van der Waals surface area contributed by atoms with E-state index in [0.29, 0.717) is 32.2 Å². The molecule has 0 spiro atoms. The highest BCUT2D eigenvalue weighted by Gasteiger charge is 2.33. The molecule has 0 aromatic heterocycles. The van der Waals surface area contributed by atoms with Crippen molar-refractivity contribution in [3.8, 4) is 5.75 Å². The summed E-state index contributed by atoms with van der Waals surface area (Å²) in [4.78, 5) is 4.32. The van der Waals surface area contributed by atoms with Crippen molar-refractivity contribution in [2.24, 2.45) is 0 Å². The SMILES string of the molecule is CN(CC(O)COc1cccc(CN2CCC(F)(F)CC2)c1)C1CCCCC1. The average Bonchev–Trinajstić information content (AvgIpc) is 2.69. The van der Waals surface area contributed by atoms with Gasteiger partial charge in [-0.05, 0) is 37.6 Å². The minimum absolute atomic E-state index is 0.0656. The van der Waals surface area contributed by atoms with Gasteiger partial charge in [0, 0.05) is 45.1 Å². The number of ether oxygens (including phenoxy) is 1. The number of nitrogens with zero attached hydrogens (tertiary/aromatic N) is 2. The van der Waals surface area contributed by atoms with Gasteiger partial charge in [-0.15, -0.1) is 0 Å². The summed E-state index contributed by atoms with van der Waals surface area (Å²) in [6.07, 6.45) is 5.66. The highest BCUT2D eigenvalue weighted by molar-refractivity contribution is 5.28. The quantitative estimate of drug-likeness (QED) is 0.723. The van der Waals surface area contributed by atoms with E-state index in [4.69, 9.17) is 4.74 Å². The van der Waals surface area contributed by atoms with Gasteiger partial charge >= 0.3 is 0 Å². The third kappa shape index (κ3) is 6.68. The van der Waals surface area contributed by atoms with Crippen molar-refractivity contribution in [1.82, 2.24) is 9.80 Å². The molecular formula is C22H34F2N2O2. The van der Waals surface area contributed by atoms with E-state index in [9.17, 15) is 13.9 Å². The van der Waals surface area contributed by atoms with Crippen molar-refractivity contribution in [1.29, 1.82) is 0 Å². The van der Waals surface area contributed by atoms with E-state index < -0.39 is 12.0 Å². The maximum atomic E-state index is 13.3. The zero-order valence-corrected chi connectivity index (χ0v) is 17.0. The molecule has 0 radical (unpaired) electrons. The molecule has 1 heterocycles. The third-order valence-corrected chi connectivity index (χ3v) is 6.03. The van der Waals surface area contributed by atoms with E-state index in [1.165, 1.54) is 32.1 Å². The largest absolute Gasteiger partial charge is 0.491 e. The van der Waals surface area contributed by atoms with Gasteiger partial charge < -0.3 is 14.7 Å². The first-order valence-corrected chi connectivity index (χ1v) is 10.6. The Morgan fingerprint density at radius 3 is 2.64 bits per heavy atom. The molecule has 1 saturated heterocycles. The zero-order chi connectivity index (χ0) is 20.0. The first kappa shape index (κ1) is 21.5. The van der Waals surface area contributed by atoms with Crippen LogP contribution in [0.1, 0.15) is 50.5 Å². The number of hydrogen-bond donors (Lipinski definition) is 1. The van der Waals surface area contributed by atoms with E-state index in [0.717, 1.165) is 11.3 Å². The zero-order valence-electron chi connectivity index (χ0n) is 17.0. The summed E-state index contributed by atoms with van der Waals surface area (Å²) in [5.41, 5.74) is 1.05. The summed E-state index contributed by atoms with van der Waals surface area (Å²) in [5.74, 6) is -1.79. The lowest BCUT2D eigenvalue weighted by atomic mass is 9.94. The van der Waals surface area contributed by atoms with Gasteiger partial charge in [-0.3, -0.25) is 4.90 Å². The molecule has 1 aromatic carbocycles. The molecule has 1 atom stereocenters. The highest BCUT2D eigenvalue weighted by Crippen LogP contribution is 2.28. The number of likely N-dealkylation sites (tertiary alicyclic amines) is 1. The molecule has 158 valence electrons. The molecule has 2 fully saturated rings. The van der Waals surface area contributed by atoms with Crippen molar-refractivity contribution < 1.29 is 18.6 Å². The fourth-order valence-electron chi connectivity index (χ4n) is 4.28. The first-order chi connectivity index (χ1) is 13.4. The van der Waals surface area contributed by atoms with Crippen LogP contribution in [0.5, 0.6) is 5.75 Å². The van der Waals surface area contributed by atoms with Gasteiger partial charge in [-0.2, -0.15) is 0 Å². The van der Waals surface area contributed by atoms with Gasteiger partial charge in [0.15, 0.2) is 0 Å². The highest BCUT2D eigenvalue weighted by atomic mass is 19.3. The van der Waals surface area contributed by atoms with Gasteiger partial charge in [-0.25, -0.2) is 8.78 Å². The molecule has 1 N–H and O–H groups in total. The number of hydrogen-bond acceptors (Lipinski definition) is 4. The van der Waals surface area contributed by atoms with Crippen LogP contribution in [0.3, 0.4) is 0 Å². The molecule has 1 aliphatic carbocycles. The van der Waals surface area contributed by atoms with Crippen LogP contribution in [0.15, 0.2) is 24.3 Å². The number of alkyl halides is 2. The Morgan fingerprint density at radius 1 is 1.21 bits per heavy atom. The summed E-state index contributed by atoms with van der Waals surface area (Å²) in [6.45, 7) is 2.37. The van der Waals surface area contributed by atoms with Crippen LogP contribution in [-0.4, -0.2) is 66.3 Å². The molecule has 1 unspecified atom stereocenters. The van der Waals surface area contributed by atoms with Gasteiger partial charge in [0.1, 0.15) is 18.5 Å². The third-order valence-electron chi connectivity index (χ3n) is 6.03. The van der Waals surface area contributed by atoms with Gasteiger partial charge in [-0.1, -0.05) is 31.4 Å². The number of aliphatic hydroxyl groups is 1. The molecule has 1 aromatic rings. The fraction of sp³-hybridized carbons (Fsp3) is 0.727. The molecule has 3 rings (SSSR count). The number of benzene rings is 1. The van der Waals surface area contributed by atoms with E-state index in [1.54, 1.807) is 0 Å². The van der Waals surface area contributed by atoms with Crippen LogP contribution in [-0.2, 0) is 6.54 Å². The molecule has 1 saturated carbocycles. The van der Waals surface area contributed by atoms with Crippen molar-refractivity contribution >= 4 is 0 Å². The van der Waals surface area contributed by atoms with Crippen molar-refractivity contribution in [3.05, 3.63) is 29.8 Å². The maximum Gasteiger partial charge on any atom is 0.250 e. The Balaban J connectivity index is 1.42. The number of likely N-dealkylation sites (N-methyl/N-ethyl adjacent to an activating group) is 1. The second-order valence-corrected chi connectivity index (χ2v) is 8.48. The number of rotatable bonds is 8. The smallest absolute Gasteiger partial charge is 0.250 e. The summed E-state index contributed by atoms with van der Waals surface area (Å²) in [5, 5.41) is 10.3. The molecule has 4 nitrogen and oxygen atoms in total. The van der Waals surface area contributed by atoms with Gasteiger partial charge in [0.05, 0.1) is 0 Å². The Kier molecular flexibility index (Phi) is 7.66. The lowest BCUT2D eigenvalue weighted by molar-refractivity contribution is -0.0566. The van der Waals surface area contributed by atoms with Crippen molar-refractivity contribution in [2.45, 2.75) is 69.6 Å². The topological polar surface area (TPSA) is 35.9 Å². The second kappa shape index (κ2) is 9.99. The average molecular weight is 397 g/mol. The van der Waals surface area contributed by atoms with E-state index in [1.807, 2.05) is 24.3 Å². The number of aliphatic hydroxyl groups excluding tert-OH is 1. The Hall–Kier alpha value is -1.24. The monoisotopic (exact) mass is 396 g/mol. The molecular weight excluding hydrogens is 362 g/mol. The predicted molar refractivity (Wildman–Crippen MR) is 107 cm³/mol. The van der Waals surface area contributed by atoms with Crippen LogP contribution < -0.4 is 4.74 Å². The molecule has 0 bridgehead atoms. The van der Waals surface area contributed by atoms with Gasteiger partial charge in [0.25, 0.3) is 5.92 Å². The predicted octanol–water partition coefficient (Wildman–Crippen LogP) is 3.92. The molecule has 1 aliphatic heterocycles. The van der Waals surface area contributed by atoms with Crippen LogP contribution in [0, 0.1) is 0 Å². The number of piperidine rings is 1. The molecule has 28 heavy (non-hydrogen) atoms. The first-order valence-electron chi connectivity index (χ1n) is 10.6. The Bertz CT molecular complexity index is 598. The summed E-state index contributed by atoms with van der Waals surface area (Å²) in [6, 6.07) is 8.32. The lowest BCUT2D eigenvalue weighted by Crippen LogP contribution is -2.40. The molecule has 0 amide bonds. The Labute approximate surface area is 167 Å². The summed E-state index contributed by atoms with van der Waals surface area (Å²) >= 11 is 0. The van der Waals surface area contributed by atoms with Crippen molar-refractivity contribution in [3.63, 3.8) is 0 Å². The standard InChI is InChI=1S/C22H34F2N2O2/c1-25(19-7-3-2-4-8-19)16-20(27)17-28-21-9-5-6-18(14-21)15-26-12-10-22(23,24)11-13-26/h5-6,9,14,19-20,27H,2-4,7-8,10-13,15-17H2,1H3. The summed E-state index contributed by atoms with van der Waals surface area (Å²) in [7, 11) is 2.09. The molecule has 6 heteroatoms. The van der Waals surface area contributed by atoms with Crippen LogP contribution in [0.2, 0.25) is 0 Å². The second-order valence-electron chi connectivity index (χ2n) is 8.48. The normalized spacial score (nSPS) is 22.3. The summed E-state index contributed by atoms with van der Waals surface area (Å²) < 4.78 is 32.4. The lowest BCUT2D eigenvalue weighted by Gasteiger charge is -2.32.